The maximum absolute atomic E-state index is 13.8. The van der Waals surface area contributed by atoms with E-state index in [0.29, 0.717) is 12.2 Å². The van der Waals surface area contributed by atoms with E-state index in [0.717, 1.165) is 19.9 Å². The number of hydrogen-bond acceptors (Lipinski definition) is 4. The van der Waals surface area contributed by atoms with Gasteiger partial charge in [-0.25, -0.2) is 12.7 Å². The molecule has 1 saturated heterocycles. The number of carbonyl (C=O) groups is 1. The van der Waals surface area contributed by atoms with Crippen molar-refractivity contribution < 1.29 is 17.9 Å². The highest BCUT2D eigenvalue weighted by Gasteiger charge is 2.71. The summed E-state index contributed by atoms with van der Waals surface area (Å²) in [5.74, 6) is -0.114. The van der Waals surface area contributed by atoms with Crippen LogP contribution in [0.5, 0.6) is 5.75 Å². The lowest BCUT2D eigenvalue weighted by Gasteiger charge is -2.54. The molecule has 1 heterocycles. The zero-order chi connectivity index (χ0) is 23.4. The number of carbonyl (C=O) groups excluding carboxylic acids is 1. The minimum absolute atomic E-state index is 0.00111. The average molecular weight is 526 g/mol. The van der Waals surface area contributed by atoms with Crippen LogP contribution in [-0.2, 0) is 20.4 Å². The number of β-lactam (4-membered cyclic amide) rings is 1. The molecule has 7 heteroatoms. The van der Waals surface area contributed by atoms with Gasteiger partial charge in [0.1, 0.15) is 5.75 Å². The first-order chi connectivity index (χ1) is 15.8. The maximum Gasteiger partial charge on any atom is 0.267 e. The molecule has 3 aromatic rings. The molecular weight excluding hydrogens is 502 g/mol. The van der Waals surface area contributed by atoms with Crippen LogP contribution in [-0.4, -0.2) is 25.7 Å². The molecule has 4 atom stereocenters. The standard InChI is InChI=1S/C26H24BrNO4S/c1-17-23(18-8-10-20(27)11-9-18)16-26(19-6-4-3-5-7-19)24(17)25(29)28(26)33(30,31)22-14-12-21(32-2)13-15-22/h3-15,17,23-24H,16H2,1-2H3/t17-,23-,24-,26+/m1/s1. The summed E-state index contributed by atoms with van der Waals surface area (Å²) in [5, 5.41) is 0. The quantitative estimate of drug-likeness (QED) is 0.422. The van der Waals surface area contributed by atoms with Crippen molar-refractivity contribution in [2.75, 3.05) is 7.11 Å². The van der Waals surface area contributed by atoms with Gasteiger partial charge >= 0.3 is 0 Å². The Hall–Kier alpha value is -2.64. The molecule has 170 valence electrons. The van der Waals surface area contributed by atoms with Crippen molar-refractivity contribution in [3.8, 4) is 5.75 Å². The van der Waals surface area contributed by atoms with Crippen molar-refractivity contribution in [2.45, 2.75) is 29.7 Å². The largest absolute Gasteiger partial charge is 0.497 e. The van der Waals surface area contributed by atoms with Gasteiger partial charge in [0.05, 0.1) is 23.5 Å². The maximum atomic E-state index is 13.8. The zero-order valence-electron chi connectivity index (χ0n) is 18.3. The molecule has 1 saturated carbocycles. The van der Waals surface area contributed by atoms with E-state index in [4.69, 9.17) is 4.74 Å². The van der Waals surface area contributed by atoms with Crippen LogP contribution >= 0.6 is 15.9 Å². The summed E-state index contributed by atoms with van der Waals surface area (Å²) < 4.78 is 34.9. The molecule has 0 spiro atoms. The van der Waals surface area contributed by atoms with Crippen LogP contribution in [0.15, 0.2) is 88.2 Å². The van der Waals surface area contributed by atoms with Gasteiger partial charge < -0.3 is 4.74 Å². The lowest BCUT2D eigenvalue weighted by atomic mass is 9.71. The number of halogens is 1. The molecule has 0 unspecified atom stereocenters. The van der Waals surface area contributed by atoms with E-state index in [9.17, 15) is 13.2 Å². The van der Waals surface area contributed by atoms with E-state index in [1.165, 1.54) is 19.2 Å². The molecule has 0 radical (unpaired) electrons. The molecule has 2 fully saturated rings. The van der Waals surface area contributed by atoms with Crippen LogP contribution in [0.4, 0.5) is 0 Å². The molecule has 1 aliphatic heterocycles. The van der Waals surface area contributed by atoms with Crippen LogP contribution in [0.3, 0.4) is 0 Å². The summed E-state index contributed by atoms with van der Waals surface area (Å²) in [6, 6.07) is 23.9. The molecule has 0 N–H and O–H groups in total. The Morgan fingerprint density at radius 3 is 2.21 bits per heavy atom. The van der Waals surface area contributed by atoms with Gasteiger partial charge in [0, 0.05) is 4.47 Å². The number of sulfonamides is 1. The van der Waals surface area contributed by atoms with E-state index >= 15 is 0 Å². The van der Waals surface area contributed by atoms with Gasteiger partial charge in [-0.2, -0.15) is 0 Å². The smallest absolute Gasteiger partial charge is 0.267 e. The number of benzene rings is 3. The molecule has 1 amide bonds. The fraction of sp³-hybridized carbons (Fsp3) is 0.269. The van der Waals surface area contributed by atoms with Gasteiger partial charge in [-0.1, -0.05) is 65.3 Å². The van der Waals surface area contributed by atoms with Crippen molar-refractivity contribution in [2.24, 2.45) is 11.8 Å². The lowest BCUT2D eigenvalue weighted by Crippen LogP contribution is -2.68. The summed E-state index contributed by atoms with van der Waals surface area (Å²) in [6.07, 6.45) is 0.547. The first-order valence-electron chi connectivity index (χ1n) is 10.8. The van der Waals surface area contributed by atoms with E-state index < -0.39 is 21.5 Å². The molecule has 1 aliphatic carbocycles. The fourth-order valence-corrected chi connectivity index (χ4v) is 7.70. The van der Waals surface area contributed by atoms with Gasteiger partial charge in [-0.05, 0) is 65.8 Å². The van der Waals surface area contributed by atoms with Crippen LogP contribution in [0, 0.1) is 11.8 Å². The number of ether oxygens (including phenoxy) is 1. The minimum Gasteiger partial charge on any atom is -0.497 e. The van der Waals surface area contributed by atoms with Gasteiger partial charge in [0.2, 0.25) is 5.91 Å². The number of amides is 1. The second-order valence-electron chi connectivity index (χ2n) is 8.77. The number of nitrogens with zero attached hydrogens (tertiary/aromatic N) is 1. The van der Waals surface area contributed by atoms with E-state index in [1.807, 2.05) is 42.5 Å². The first kappa shape index (κ1) is 22.2. The van der Waals surface area contributed by atoms with E-state index in [-0.39, 0.29) is 22.6 Å². The number of hydrogen-bond donors (Lipinski definition) is 0. The highest BCUT2D eigenvalue weighted by Crippen LogP contribution is 2.64. The Kier molecular flexibility index (Phi) is 5.37. The van der Waals surface area contributed by atoms with Gasteiger partial charge in [0.25, 0.3) is 10.0 Å². The van der Waals surface area contributed by atoms with Crippen LogP contribution in [0.1, 0.15) is 30.4 Å². The molecule has 5 rings (SSSR count). The van der Waals surface area contributed by atoms with Crippen molar-refractivity contribution in [1.29, 1.82) is 0 Å². The summed E-state index contributed by atoms with van der Waals surface area (Å²) in [6.45, 7) is 2.07. The lowest BCUT2D eigenvalue weighted by molar-refractivity contribution is -0.157. The summed E-state index contributed by atoms with van der Waals surface area (Å²) in [5.41, 5.74) is 1.07. The van der Waals surface area contributed by atoms with Crippen molar-refractivity contribution in [3.63, 3.8) is 0 Å². The Bertz CT molecular complexity index is 1290. The SMILES string of the molecule is COc1ccc(S(=O)(=O)N2C(=O)[C@H]3[C@H](C)[C@H](c4ccc(Br)cc4)C[C@]32c2ccccc2)cc1. The monoisotopic (exact) mass is 525 g/mol. The van der Waals surface area contributed by atoms with Crippen LogP contribution in [0.2, 0.25) is 0 Å². The Morgan fingerprint density at radius 2 is 1.61 bits per heavy atom. The van der Waals surface area contributed by atoms with Crippen molar-refractivity contribution in [3.05, 3.63) is 94.5 Å². The third-order valence-electron chi connectivity index (χ3n) is 7.20. The zero-order valence-corrected chi connectivity index (χ0v) is 20.7. The second kappa shape index (κ2) is 7.99. The molecule has 5 nitrogen and oxygen atoms in total. The fourth-order valence-electron chi connectivity index (χ4n) is 5.67. The summed E-state index contributed by atoms with van der Waals surface area (Å²) in [7, 11) is -2.52. The third-order valence-corrected chi connectivity index (χ3v) is 9.59. The predicted molar refractivity (Wildman–Crippen MR) is 129 cm³/mol. The summed E-state index contributed by atoms with van der Waals surface area (Å²) in [4.78, 5) is 13.6. The first-order valence-corrected chi connectivity index (χ1v) is 13.1. The van der Waals surface area contributed by atoms with Crippen molar-refractivity contribution in [1.82, 2.24) is 4.31 Å². The van der Waals surface area contributed by atoms with Crippen molar-refractivity contribution >= 4 is 31.9 Å². The van der Waals surface area contributed by atoms with E-state index in [1.54, 1.807) is 12.1 Å². The topological polar surface area (TPSA) is 63.7 Å². The molecule has 0 bridgehead atoms. The molecule has 0 aromatic heterocycles. The number of rotatable bonds is 5. The highest BCUT2D eigenvalue weighted by atomic mass is 79.9. The summed E-state index contributed by atoms with van der Waals surface area (Å²) >= 11 is 3.48. The number of methoxy groups -OCH3 is 1. The predicted octanol–water partition coefficient (Wildman–Crippen LogP) is 5.32. The Morgan fingerprint density at radius 1 is 0.970 bits per heavy atom. The Balaban J connectivity index is 1.63. The molecule has 2 aliphatic rings. The normalized spacial score (nSPS) is 26.6. The Labute approximate surface area is 202 Å². The second-order valence-corrected chi connectivity index (χ2v) is 11.5. The molecule has 3 aromatic carbocycles. The van der Waals surface area contributed by atoms with Gasteiger partial charge in [0.15, 0.2) is 0 Å². The highest BCUT2D eigenvalue weighted by molar-refractivity contribution is 9.10. The third kappa shape index (κ3) is 3.24. The molecule has 33 heavy (non-hydrogen) atoms. The van der Waals surface area contributed by atoms with E-state index in [2.05, 4.69) is 35.0 Å². The minimum atomic E-state index is -4.05. The van der Waals surface area contributed by atoms with Crippen LogP contribution < -0.4 is 4.74 Å². The molecular formula is C26H24BrNO4S. The number of fused-ring (bicyclic) bond motifs is 1. The van der Waals surface area contributed by atoms with Gasteiger partial charge in [-0.15, -0.1) is 0 Å². The average Bonchev–Trinajstić information content (AvgIpc) is 3.08. The van der Waals surface area contributed by atoms with Crippen LogP contribution in [0.25, 0.3) is 0 Å². The van der Waals surface area contributed by atoms with Gasteiger partial charge in [-0.3, -0.25) is 4.79 Å².